The number of imidazole rings is 1. The second kappa shape index (κ2) is 9.81. The molecule has 1 fully saturated rings. The van der Waals surface area contributed by atoms with Crippen molar-refractivity contribution in [2.24, 2.45) is 10.9 Å². The summed E-state index contributed by atoms with van der Waals surface area (Å²) in [7, 11) is -1.23. The average Bonchev–Trinajstić information content (AvgIpc) is 3.19. The van der Waals surface area contributed by atoms with Gasteiger partial charge in [-0.25, -0.2) is 15.0 Å². The Morgan fingerprint density at radius 1 is 1.18 bits per heavy atom. The highest BCUT2D eigenvalue weighted by molar-refractivity contribution is 6.76. The van der Waals surface area contributed by atoms with E-state index >= 15 is 0 Å². The number of hydrogen-bond donors (Lipinski definition) is 2. The predicted molar refractivity (Wildman–Crippen MR) is 128 cm³/mol. The highest BCUT2D eigenvalue weighted by atomic mass is 28.3. The van der Waals surface area contributed by atoms with E-state index < -0.39 is 8.07 Å². The lowest BCUT2D eigenvalue weighted by molar-refractivity contribution is 0.0906. The lowest BCUT2D eigenvalue weighted by atomic mass is 10.2. The summed E-state index contributed by atoms with van der Waals surface area (Å²) in [4.78, 5) is 20.3. The highest BCUT2D eigenvalue weighted by Crippen LogP contribution is 2.30. The first-order valence-electron chi connectivity index (χ1n) is 10.9. The second-order valence-corrected chi connectivity index (χ2v) is 14.7. The van der Waals surface area contributed by atoms with Crippen molar-refractivity contribution in [1.29, 1.82) is 0 Å². The molecule has 3 aromatic heterocycles. The van der Waals surface area contributed by atoms with E-state index in [0.717, 1.165) is 11.6 Å². The third-order valence-electron chi connectivity index (χ3n) is 5.38. The molecule has 4 heterocycles. The molecule has 4 rings (SSSR count). The molecule has 1 aliphatic rings. The molecule has 3 N–H and O–H groups in total. The van der Waals surface area contributed by atoms with Crippen molar-refractivity contribution in [1.82, 2.24) is 24.5 Å². The zero-order chi connectivity index (χ0) is 23.4. The standard InChI is InChI=1S/C21H30N8O3Si/c1-33(2,3)13-12-32-14-29-19(15-4-6-23-7-5-15)24-16-20(28-8-10-31-11-9-28)25-18(17(22)27-30)26-21(16)29/h4-7,30H,8-14H2,1-3H3,(H2,22,27). The van der Waals surface area contributed by atoms with Crippen LogP contribution >= 0.6 is 0 Å². The van der Waals surface area contributed by atoms with Crippen LogP contribution in [-0.4, -0.2) is 76.5 Å². The van der Waals surface area contributed by atoms with Crippen LogP contribution in [0.5, 0.6) is 0 Å². The lowest BCUT2D eigenvalue weighted by Gasteiger charge is -2.28. The van der Waals surface area contributed by atoms with Crippen LogP contribution in [0.25, 0.3) is 22.6 Å². The number of amidine groups is 1. The SMILES string of the molecule is C[Si](C)(C)CCOCn1c(-c2ccncc2)nc2c(N3CCOCC3)nc(C(N)=NO)nc21. The molecule has 0 atom stereocenters. The van der Waals surface area contributed by atoms with Gasteiger partial charge in [0.2, 0.25) is 11.7 Å². The number of pyridine rings is 1. The van der Waals surface area contributed by atoms with Gasteiger partial charge in [0.05, 0.1) is 13.2 Å². The van der Waals surface area contributed by atoms with Crippen LogP contribution in [0, 0.1) is 0 Å². The monoisotopic (exact) mass is 470 g/mol. The van der Waals surface area contributed by atoms with Gasteiger partial charge in [-0.3, -0.25) is 9.55 Å². The number of rotatable bonds is 8. The fourth-order valence-electron chi connectivity index (χ4n) is 3.52. The van der Waals surface area contributed by atoms with Crippen LogP contribution < -0.4 is 10.6 Å². The summed E-state index contributed by atoms with van der Waals surface area (Å²) in [6.07, 6.45) is 3.45. The van der Waals surface area contributed by atoms with Crippen molar-refractivity contribution in [3.8, 4) is 11.4 Å². The van der Waals surface area contributed by atoms with Gasteiger partial charge in [0, 0.05) is 45.7 Å². The Balaban J connectivity index is 1.84. The Morgan fingerprint density at radius 3 is 2.58 bits per heavy atom. The lowest BCUT2D eigenvalue weighted by Crippen LogP contribution is -2.37. The van der Waals surface area contributed by atoms with Gasteiger partial charge in [-0.15, -0.1) is 0 Å². The second-order valence-electron chi connectivity index (χ2n) is 9.08. The van der Waals surface area contributed by atoms with Crippen molar-refractivity contribution in [3.63, 3.8) is 0 Å². The summed E-state index contributed by atoms with van der Waals surface area (Å²) >= 11 is 0. The molecular formula is C21H30N8O3Si. The number of hydrogen-bond acceptors (Lipinski definition) is 9. The quantitative estimate of drug-likeness (QED) is 0.127. The fourth-order valence-corrected chi connectivity index (χ4v) is 4.28. The predicted octanol–water partition coefficient (Wildman–Crippen LogP) is 2.13. The summed E-state index contributed by atoms with van der Waals surface area (Å²) < 4.78 is 13.5. The van der Waals surface area contributed by atoms with Gasteiger partial charge in [0.25, 0.3) is 0 Å². The van der Waals surface area contributed by atoms with Crippen LogP contribution in [0.2, 0.25) is 25.7 Å². The number of nitrogens with two attached hydrogens (primary N) is 1. The van der Waals surface area contributed by atoms with Crippen molar-refractivity contribution < 1.29 is 14.7 Å². The van der Waals surface area contributed by atoms with Crippen LogP contribution in [0.3, 0.4) is 0 Å². The van der Waals surface area contributed by atoms with E-state index in [-0.39, 0.29) is 18.4 Å². The summed E-state index contributed by atoms with van der Waals surface area (Å²) in [6.45, 7) is 10.4. The minimum atomic E-state index is -1.23. The van der Waals surface area contributed by atoms with Crippen LogP contribution in [-0.2, 0) is 16.2 Å². The molecule has 0 spiro atoms. The Labute approximate surface area is 193 Å². The average molecular weight is 471 g/mol. The van der Waals surface area contributed by atoms with Crippen molar-refractivity contribution in [3.05, 3.63) is 30.4 Å². The Hall–Kier alpha value is -3.09. The number of nitrogens with zero attached hydrogens (tertiary/aromatic N) is 7. The maximum Gasteiger partial charge on any atom is 0.208 e. The zero-order valence-electron chi connectivity index (χ0n) is 19.2. The van der Waals surface area contributed by atoms with Gasteiger partial charge < -0.3 is 25.3 Å². The Morgan fingerprint density at radius 2 is 1.91 bits per heavy atom. The molecule has 0 aliphatic carbocycles. The molecule has 1 aliphatic heterocycles. The summed E-state index contributed by atoms with van der Waals surface area (Å²) in [5.41, 5.74) is 7.97. The molecule has 0 bridgehead atoms. The molecule has 12 heteroatoms. The highest BCUT2D eigenvalue weighted by Gasteiger charge is 2.25. The molecule has 33 heavy (non-hydrogen) atoms. The maximum atomic E-state index is 9.26. The first-order valence-corrected chi connectivity index (χ1v) is 14.6. The van der Waals surface area contributed by atoms with Gasteiger partial charge in [-0.05, 0) is 18.2 Å². The van der Waals surface area contributed by atoms with Crippen LogP contribution in [0.15, 0.2) is 29.7 Å². The maximum absolute atomic E-state index is 9.26. The topological polar surface area (TPSA) is 137 Å². The molecule has 176 valence electrons. The normalized spacial score (nSPS) is 15.4. The number of fused-ring (bicyclic) bond motifs is 1. The summed E-state index contributed by atoms with van der Waals surface area (Å²) in [5.74, 6) is 1.29. The van der Waals surface area contributed by atoms with Crippen molar-refractivity contribution in [2.45, 2.75) is 32.4 Å². The Kier molecular flexibility index (Phi) is 6.86. The van der Waals surface area contributed by atoms with E-state index in [2.05, 4.69) is 44.6 Å². The largest absolute Gasteiger partial charge is 0.409 e. The van der Waals surface area contributed by atoms with Gasteiger partial charge in [0.1, 0.15) is 12.6 Å². The number of anilines is 1. The van der Waals surface area contributed by atoms with E-state index in [9.17, 15) is 5.21 Å². The molecule has 0 amide bonds. The minimum absolute atomic E-state index is 0.135. The summed E-state index contributed by atoms with van der Waals surface area (Å²) in [6, 6.07) is 4.84. The molecule has 0 aromatic carbocycles. The molecule has 11 nitrogen and oxygen atoms in total. The number of oxime groups is 1. The van der Waals surface area contributed by atoms with Crippen molar-refractivity contribution >= 4 is 30.9 Å². The summed E-state index contributed by atoms with van der Waals surface area (Å²) in [5, 5.41) is 12.4. The van der Waals surface area contributed by atoms with Gasteiger partial charge in [0.15, 0.2) is 17.0 Å². The van der Waals surface area contributed by atoms with E-state index in [1.54, 1.807) is 12.4 Å². The molecular weight excluding hydrogens is 440 g/mol. The van der Waals surface area contributed by atoms with E-state index in [1.165, 1.54) is 0 Å². The first-order chi connectivity index (χ1) is 15.9. The van der Waals surface area contributed by atoms with E-state index in [0.29, 0.717) is 55.7 Å². The number of morpholine rings is 1. The number of ether oxygens (including phenoxy) is 2. The van der Waals surface area contributed by atoms with Crippen LogP contribution in [0.4, 0.5) is 5.82 Å². The van der Waals surface area contributed by atoms with Gasteiger partial charge in [-0.1, -0.05) is 24.8 Å². The van der Waals surface area contributed by atoms with Crippen LogP contribution in [0.1, 0.15) is 5.82 Å². The number of aromatic nitrogens is 5. The van der Waals surface area contributed by atoms with Gasteiger partial charge in [-0.2, -0.15) is 0 Å². The third-order valence-corrected chi connectivity index (χ3v) is 7.08. The van der Waals surface area contributed by atoms with E-state index in [4.69, 9.17) is 20.2 Å². The van der Waals surface area contributed by atoms with Gasteiger partial charge >= 0.3 is 0 Å². The molecule has 0 saturated carbocycles. The molecule has 1 saturated heterocycles. The zero-order valence-corrected chi connectivity index (χ0v) is 20.2. The smallest absolute Gasteiger partial charge is 0.208 e. The molecule has 3 aromatic rings. The molecule has 0 unspecified atom stereocenters. The minimum Gasteiger partial charge on any atom is -0.409 e. The molecule has 0 radical (unpaired) electrons. The third kappa shape index (κ3) is 5.29. The van der Waals surface area contributed by atoms with Crippen molar-refractivity contribution in [2.75, 3.05) is 37.8 Å². The first kappa shape index (κ1) is 23.1. The Bertz CT molecular complexity index is 1120. The van der Waals surface area contributed by atoms with E-state index in [1.807, 2.05) is 16.7 Å². The fraction of sp³-hybridized carbons (Fsp3) is 0.476.